The molecule has 1 N–H and O–H groups in total. The van der Waals surface area contributed by atoms with Gasteiger partial charge in [-0.25, -0.2) is 13.2 Å². The Hall–Kier alpha value is -4.61. The minimum atomic E-state index is -1.65. The Balaban J connectivity index is 1.56. The molecule has 2 aliphatic rings. The van der Waals surface area contributed by atoms with Crippen molar-refractivity contribution in [3.8, 4) is 22.4 Å². The number of nitrogens with zero attached hydrogens (tertiary/aromatic N) is 7. The lowest BCUT2D eigenvalue weighted by Crippen LogP contribution is -2.39. The van der Waals surface area contributed by atoms with Gasteiger partial charge in [0.1, 0.15) is 0 Å². The summed E-state index contributed by atoms with van der Waals surface area (Å²) in [6.07, 6.45) is 9.82. The molecule has 0 aliphatic carbocycles. The zero-order valence-corrected chi connectivity index (χ0v) is 27.2. The highest BCUT2D eigenvalue weighted by Gasteiger charge is 2.52. The smallest absolute Gasteiger partial charge is 0.237 e. The molecule has 11 heteroatoms. The molecular weight excluding hydrogens is 597 g/mol. The van der Waals surface area contributed by atoms with Crippen molar-refractivity contribution in [1.29, 1.82) is 0 Å². The summed E-state index contributed by atoms with van der Waals surface area (Å²) in [6, 6.07) is 16.0. The van der Waals surface area contributed by atoms with Crippen LogP contribution in [0.25, 0.3) is 44.3 Å². The molecule has 234 valence electrons. The van der Waals surface area contributed by atoms with E-state index in [1.165, 1.54) is 0 Å². The highest BCUT2D eigenvalue weighted by molar-refractivity contribution is 7.83. The lowest BCUT2D eigenvalue weighted by atomic mass is 9.74. The fraction of sp³-hybridized carbons (Fsp3) is 0.314. The first kappa shape index (κ1) is 28.8. The number of fused-ring (bicyclic) bond motifs is 5. The lowest BCUT2D eigenvalue weighted by molar-refractivity contribution is -0.123. The Morgan fingerprint density at radius 2 is 1.78 bits per heavy atom. The van der Waals surface area contributed by atoms with Gasteiger partial charge < -0.3 is 10.2 Å². The van der Waals surface area contributed by atoms with Crippen LogP contribution in [0, 0.1) is 0 Å². The number of likely N-dealkylation sites (N-methyl/N-ethyl adjacent to an activating group) is 1. The molecule has 46 heavy (non-hydrogen) atoms. The quantitative estimate of drug-likeness (QED) is 0.266. The van der Waals surface area contributed by atoms with Crippen LogP contribution in [0.4, 0.5) is 5.69 Å². The summed E-state index contributed by atoms with van der Waals surface area (Å²) >= 11 is 0. The van der Waals surface area contributed by atoms with E-state index in [2.05, 4.69) is 42.5 Å². The maximum absolute atomic E-state index is 14.8. The molecule has 0 saturated carbocycles. The van der Waals surface area contributed by atoms with E-state index < -0.39 is 16.4 Å². The van der Waals surface area contributed by atoms with Crippen molar-refractivity contribution < 1.29 is 9.00 Å². The number of pyridine rings is 1. The van der Waals surface area contributed by atoms with E-state index in [0.29, 0.717) is 17.0 Å². The molecular formula is C35H36N8O2S. The van der Waals surface area contributed by atoms with Crippen molar-refractivity contribution in [1.82, 2.24) is 33.8 Å². The van der Waals surface area contributed by atoms with Gasteiger partial charge in [-0.1, -0.05) is 24.3 Å². The van der Waals surface area contributed by atoms with Gasteiger partial charge >= 0.3 is 0 Å². The molecule has 0 bridgehead atoms. The summed E-state index contributed by atoms with van der Waals surface area (Å²) in [5.41, 5.74) is 6.12. The predicted octanol–water partition coefficient (Wildman–Crippen LogP) is 5.59. The molecule has 2 aliphatic heterocycles. The number of anilines is 1. The second-order valence-electron chi connectivity index (χ2n) is 12.7. The summed E-state index contributed by atoms with van der Waals surface area (Å²) in [5.74, 6) is 0.0975. The van der Waals surface area contributed by atoms with Crippen LogP contribution in [0.1, 0.15) is 44.7 Å². The molecule has 0 radical (unpaired) electrons. The number of hydrogen-bond donors (Lipinski definition) is 1. The Kier molecular flexibility index (Phi) is 6.73. The SMILES string of the molecule is CC(C)n1cc(-c2c(-c3ccc4c(cnn4C)c3)c3c4c(cnc3n2S(=O)c2ccccc2)N(C)C(=O)C42CCCNCC2)cn1. The highest BCUT2D eigenvalue weighted by atomic mass is 32.2. The second kappa shape index (κ2) is 10.7. The molecule has 4 aromatic heterocycles. The molecule has 6 heterocycles. The van der Waals surface area contributed by atoms with E-state index in [1.807, 2.05) is 76.4 Å². The molecule has 2 atom stereocenters. The van der Waals surface area contributed by atoms with Crippen LogP contribution >= 0.6 is 0 Å². The Morgan fingerprint density at radius 3 is 2.57 bits per heavy atom. The van der Waals surface area contributed by atoms with Crippen LogP contribution in [-0.2, 0) is 28.2 Å². The van der Waals surface area contributed by atoms with Crippen molar-refractivity contribution in [2.24, 2.45) is 7.05 Å². The first-order chi connectivity index (χ1) is 22.3. The van der Waals surface area contributed by atoms with E-state index in [1.54, 1.807) is 11.1 Å². The monoisotopic (exact) mass is 632 g/mol. The van der Waals surface area contributed by atoms with Gasteiger partial charge in [0.25, 0.3) is 0 Å². The van der Waals surface area contributed by atoms with E-state index in [9.17, 15) is 9.00 Å². The molecule has 10 nitrogen and oxygen atoms in total. The summed E-state index contributed by atoms with van der Waals surface area (Å²) < 4.78 is 20.5. The zero-order chi connectivity index (χ0) is 31.7. The molecule has 8 rings (SSSR count). The lowest BCUT2D eigenvalue weighted by Gasteiger charge is -2.27. The van der Waals surface area contributed by atoms with Crippen molar-refractivity contribution in [2.45, 2.75) is 49.5 Å². The average molecular weight is 633 g/mol. The van der Waals surface area contributed by atoms with E-state index >= 15 is 0 Å². The van der Waals surface area contributed by atoms with Crippen molar-refractivity contribution in [3.05, 3.63) is 78.9 Å². The second-order valence-corrected chi connectivity index (χ2v) is 14.0. The molecule has 1 saturated heterocycles. The van der Waals surface area contributed by atoms with Gasteiger partial charge in [-0.3, -0.25) is 14.2 Å². The predicted molar refractivity (Wildman–Crippen MR) is 181 cm³/mol. The van der Waals surface area contributed by atoms with Crippen LogP contribution in [0.2, 0.25) is 0 Å². The third-order valence-electron chi connectivity index (χ3n) is 9.71. The number of carbonyl (C=O) groups is 1. The van der Waals surface area contributed by atoms with Crippen LogP contribution in [0.15, 0.2) is 78.2 Å². The topological polar surface area (TPSA) is 103 Å². The fourth-order valence-electron chi connectivity index (χ4n) is 7.42. The van der Waals surface area contributed by atoms with Crippen LogP contribution in [0.3, 0.4) is 0 Å². The van der Waals surface area contributed by atoms with Crippen molar-refractivity contribution >= 4 is 44.5 Å². The number of aromatic nitrogens is 6. The number of carbonyl (C=O) groups excluding carboxylic acids is 1. The number of rotatable bonds is 5. The molecule has 1 fully saturated rings. The van der Waals surface area contributed by atoms with Crippen LogP contribution in [-0.4, -0.2) is 58.8 Å². The normalized spacial score (nSPS) is 19.1. The van der Waals surface area contributed by atoms with Crippen LogP contribution in [0.5, 0.6) is 0 Å². The van der Waals surface area contributed by atoms with E-state index in [0.717, 1.165) is 75.9 Å². The minimum Gasteiger partial charge on any atom is -0.317 e. The highest BCUT2D eigenvalue weighted by Crippen LogP contribution is 2.54. The number of aryl methyl sites for hydroxylation is 1. The summed E-state index contributed by atoms with van der Waals surface area (Å²) in [7, 11) is 2.14. The minimum absolute atomic E-state index is 0.0975. The maximum atomic E-state index is 14.8. The van der Waals surface area contributed by atoms with Gasteiger partial charge in [0.15, 0.2) is 16.6 Å². The van der Waals surface area contributed by atoms with Gasteiger partial charge in [-0.2, -0.15) is 10.2 Å². The standard InChI is InChI=1S/C35H36N8O2S/c1-22(2)42-21-25(19-39-42)32-29(23-11-12-27-24(17-23)18-38-41(27)4)30-31-28(40(3)34(44)35(31)13-8-15-36-16-14-35)20-37-33(30)43(32)46(45)26-9-6-5-7-10-26/h5-7,9-12,17-22,36H,8,13-16H2,1-4H3. The van der Waals surface area contributed by atoms with E-state index in [-0.39, 0.29) is 11.9 Å². The van der Waals surface area contributed by atoms with Gasteiger partial charge in [-0.05, 0) is 76.0 Å². The summed E-state index contributed by atoms with van der Waals surface area (Å²) in [5, 5.41) is 14.6. The molecule has 2 aromatic carbocycles. The van der Waals surface area contributed by atoms with Gasteiger partial charge in [0.05, 0.1) is 45.8 Å². The maximum Gasteiger partial charge on any atom is 0.237 e. The van der Waals surface area contributed by atoms with Crippen molar-refractivity contribution in [2.75, 3.05) is 25.0 Å². The third-order valence-corrected chi connectivity index (χ3v) is 11.1. The Morgan fingerprint density at radius 1 is 0.957 bits per heavy atom. The number of hydrogen-bond acceptors (Lipinski definition) is 6. The van der Waals surface area contributed by atoms with Gasteiger partial charge in [0.2, 0.25) is 5.91 Å². The largest absolute Gasteiger partial charge is 0.317 e. The van der Waals surface area contributed by atoms with Crippen LogP contribution < -0.4 is 10.2 Å². The zero-order valence-electron chi connectivity index (χ0n) is 26.4. The number of nitrogens with one attached hydrogen (secondary N) is 1. The average Bonchev–Trinajstić information content (AvgIpc) is 3.78. The summed E-state index contributed by atoms with van der Waals surface area (Å²) in [4.78, 5) is 21.8. The summed E-state index contributed by atoms with van der Waals surface area (Å²) in [6.45, 7) is 5.78. The first-order valence-corrected chi connectivity index (χ1v) is 16.9. The van der Waals surface area contributed by atoms with Gasteiger partial charge in [-0.15, -0.1) is 0 Å². The Bertz CT molecular complexity index is 2170. The molecule has 1 spiro atoms. The Labute approximate surface area is 269 Å². The molecule has 2 unspecified atom stereocenters. The third kappa shape index (κ3) is 4.14. The molecule has 1 amide bonds. The first-order valence-electron chi connectivity index (χ1n) is 15.8. The van der Waals surface area contributed by atoms with Gasteiger partial charge in [0, 0.05) is 53.8 Å². The number of amides is 1. The fourth-order valence-corrected chi connectivity index (χ4v) is 8.68. The number of benzene rings is 2. The van der Waals surface area contributed by atoms with Crippen molar-refractivity contribution in [3.63, 3.8) is 0 Å². The van der Waals surface area contributed by atoms with E-state index in [4.69, 9.17) is 10.1 Å². The molecule has 6 aromatic rings.